The van der Waals surface area contributed by atoms with E-state index in [9.17, 15) is 9.50 Å². The number of hydrogen-bond donors (Lipinski definition) is 2. The summed E-state index contributed by atoms with van der Waals surface area (Å²) in [4.78, 5) is 12.8. The first-order valence-corrected chi connectivity index (χ1v) is 8.64. The molecule has 0 spiro atoms. The number of anilines is 1. The molecule has 1 aromatic carbocycles. The van der Waals surface area contributed by atoms with E-state index in [-0.39, 0.29) is 12.4 Å². The summed E-state index contributed by atoms with van der Waals surface area (Å²) in [5.41, 5.74) is 6.53. The van der Waals surface area contributed by atoms with Crippen LogP contribution in [0.3, 0.4) is 0 Å². The van der Waals surface area contributed by atoms with Gasteiger partial charge in [0.2, 0.25) is 0 Å². The van der Waals surface area contributed by atoms with E-state index < -0.39 is 6.10 Å². The van der Waals surface area contributed by atoms with Gasteiger partial charge in [-0.25, -0.2) is 9.37 Å². The van der Waals surface area contributed by atoms with Gasteiger partial charge in [-0.3, -0.25) is 4.99 Å². The number of piperazine rings is 1. The van der Waals surface area contributed by atoms with Gasteiger partial charge >= 0.3 is 0 Å². The minimum absolute atomic E-state index is 0.113. The highest BCUT2D eigenvalue weighted by Crippen LogP contribution is 2.19. The molecule has 0 bridgehead atoms. The lowest BCUT2D eigenvalue weighted by Gasteiger charge is -2.35. The van der Waals surface area contributed by atoms with Crippen LogP contribution in [0.4, 0.5) is 9.52 Å². The van der Waals surface area contributed by atoms with Gasteiger partial charge in [0.15, 0.2) is 11.1 Å². The number of aromatic nitrogens is 1. The number of aliphatic hydroxyl groups is 1. The van der Waals surface area contributed by atoms with Crippen LogP contribution in [-0.2, 0) is 0 Å². The Bertz CT molecular complexity index is 686. The summed E-state index contributed by atoms with van der Waals surface area (Å²) in [5.74, 6) is 0.0334. The molecule has 1 atom stereocenters. The van der Waals surface area contributed by atoms with Crippen LogP contribution in [0.2, 0.25) is 0 Å². The molecule has 1 aliphatic heterocycles. The highest BCUT2D eigenvalue weighted by Gasteiger charge is 2.20. The Morgan fingerprint density at radius 2 is 2.17 bits per heavy atom. The van der Waals surface area contributed by atoms with Crippen LogP contribution in [0.1, 0.15) is 11.7 Å². The van der Waals surface area contributed by atoms with E-state index in [4.69, 9.17) is 5.73 Å². The second-order valence-electron chi connectivity index (χ2n) is 5.56. The molecule has 0 amide bonds. The number of aliphatic hydroxyl groups excluding tert-OH is 1. The molecular formula is C16H20FN5OS. The smallest absolute Gasteiger partial charge is 0.191 e. The fourth-order valence-electron chi connectivity index (χ4n) is 2.60. The predicted octanol–water partition coefficient (Wildman–Crippen LogP) is 1.45. The summed E-state index contributed by atoms with van der Waals surface area (Å²) >= 11 is 1.62. The number of guanidine groups is 1. The Morgan fingerprint density at radius 3 is 2.83 bits per heavy atom. The van der Waals surface area contributed by atoms with Crippen molar-refractivity contribution < 1.29 is 9.50 Å². The van der Waals surface area contributed by atoms with Crippen LogP contribution in [-0.4, -0.2) is 53.7 Å². The standard InChI is InChI=1S/C16H20FN5OS/c17-13-3-1-2-12(10-13)14(23)11-20-15(18)21-5-7-22(8-6-21)16-19-4-9-24-16/h1-4,9-10,14,23H,5-8,11H2,(H2,18,20)/t14-/m1/s1. The lowest BCUT2D eigenvalue weighted by atomic mass is 10.1. The van der Waals surface area contributed by atoms with Crippen LogP contribution in [0.25, 0.3) is 0 Å². The van der Waals surface area contributed by atoms with E-state index in [1.165, 1.54) is 12.1 Å². The minimum atomic E-state index is -0.865. The highest BCUT2D eigenvalue weighted by atomic mass is 32.1. The largest absolute Gasteiger partial charge is 0.386 e. The number of benzene rings is 1. The fourth-order valence-corrected chi connectivity index (χ4v) is 3.29. The Balaban J connectivity index is 1.53. The van der Waals surface area contributed by atoms with Crippen LogP contribution >= 0.6 is 11.3 Å². The Hall–Kier alpha value is -2.19. The number of rotatable bonds is 4. The third-order valence-corrected chi connectivity index (χ3v) is 4.79. The Morgan fingerprint density at radius 1 is 1.38 bits per heavy atom. The van der Waals surface area contributed by atoms with Crippen molar-refractivity contribution in [1.82, 2.24) is 9.88 Å². The number of halogens is 1. The average molecular weight is 349 g/mol. The van der Waals surface area contributed by atoms with Crippen molar-refractivity contribution in [3.8, 4) is 0 Å². The Kier molecular flexibility index (Phi) is 5.27. The van der Waals surface area contributed by atoms with Gasteiger partial charge in [-0.2, -0.15) is 0 Å². The first-order chi connectivity index (χ1) is 11.6. The zero-order valence-electron chi connectivity index (χ0n) is 13.2. The van der Waals surface area contributed by atoms with Crippen molar-refractivity contribution in [2.75, 3.05) is 37.6 Å². The first-order valence-electron chi connectivity index (χ1n) is 7.76. The van der Waals surface area contributed by atoms with Gasteiger partial charge in [-0.15, -0.1) is 11.3 Å². The third-order valence-electron chi connectivity index (χ3n) is 3.95. The summed E-state index contributed by atoms with van der Waals surface area (Å²) in [5, 5.41) is 13.1. The van der Waals surface area contributed by atoms with Gasteiger partial charge in [0, 0.05) is 37.8 Å². The maximum absolute atomic E-state index is 13.2. The molecule has 1 saturated heterocycles. The second-order valence-corrected chi connectivity index (χ2v) is 6.43. The SMILES string of the molecule is NC(=NC[C@@H](O)c1cccc(F)c1)N1CCN(c2nccs2)CC1. The third kappa shape index (κ3) is 4.01. The van der Waals surface area contributed by atoms with Crippen LogP contribution in [0, 0.1) is 5.82 Å². The molecule has 0 saturated carbocycles. The molecule has 1 fully saturated rings. The maximum Gasteiger partial charge on any atom is 0.191 e. The zero-order valence-corrected chi connectivity index (χ0v) is 14.0. The van der Waals surface area contributed by atoms with Crippen LogP contribution in [0.15, 0.2) is 40.8 Å². The minimum Gasteiger partial charge on any atom is -0.386 e. The van der Waals surface area contributed by atoms with Crippen molar-refractivity contribution in [3.05, 3.63) is 47.2 Å². The molecule has 128 valence electrons. The van der Waals surface area contributed by atoms with E-state index in [1.54, 1.807) is 29.7 Å². The molecule has 3 rings (SSSR count). The fraction of sp³-hybridized carbons (Fsp3) is 0.375. The molecule has 3 N–H and O–H groups in total. The van der Waals surface area contributed by atoms with Gasteiger partial charge in [0.05, 0.1) is 12.6 Å². The normalized spacial score (nSPS) is 17.2. The van der Waals surface area contributed by atoms with E-state index >= 15 is 0 Å². The summed E-state index contributed by atoms with van der Waals surface area (Å²) in [6.45, 7) is 3.28. The number of thiazole rings is 1. The van der Waals surface area contributed by atoms with Gasteiger partial charge in [-0.05, 0) is 17.7 Å². The van der Waals surface area contributed by atoms with Gasteiger partial charge in [0.25, 0.3) is 0 Å². The van der Waals surface area contributed by atoms with E-state index in [1.807, 2.05) is 10.3 Å². The molecule has 6 nitrogen and oxygen atoms in total. The lowest BCUT2D eigenvalue weighted by Crippen LogP contribution is -2.51. The Labute approximate surface area is 144 Å². The van der Waals surface area contributed by atoms with Crippen molar-refractivity contribution in [2.24, 2.45) is 10.7 Å². The highest BCUT2D eigenvalue weighted by molar-refractivity contribution is 7.13. The number of aliphatic imine (C=N–C) groups is 1. The summed E-state index contributed by atoms with van der Waals surface area (Å²) in [6, 6.07) is 5.89. The molecular weight excluding hydrogens is 329 g/mol. The molecule has 2 heterocycles. The number of nitrogens with two attached hydrogens (primary N) is 1. The molecule has 8 heteroatoms. The summed E-state index contributed by atoms with van der Waals surface area (Å²) < 4.78 is 13.2. The monoisotopic (exact) mass is 349 g/mol. The van der Waals surface area contributed by atoms with E-state index in [0.29, 0.717) is 11.5 Å². The lowest BCUT2D eigenvalue weighted by molar-refractivity contribution is 0.186. The molecule has 24 heavy (non-hydrogen) atoms. The number of nitrogens with zero attached hydrogens (tertiary/aromatic N) is 4. The topological polar surface area (TPSA) is 78.0 Å². The maximum atomic E-state index is 13.2. The molecule has 0 unspecified atom stereocenters. The van der Waals surface area contributed by atoms with E-state index in [0.717, 1.165) is 31.3 Å². The second kappa shape index (κ2) is 7.59. The molecule has 2 aromatic rings. The van der Waals surface area contributed by atoms with Crippen LogP contribution in [0.5, 0.6) is 0 Å². The predicted molar refractivity (Wildman–Crippen MR) is 93.7 cm³/mol. The zero-order chi connectivity index (χ0) is 16.9. The quantitative estimate of drug-likeness (QED) is 0.645. The van der Waals surface area contributed by atoms with Crippen molar-refractivity contribution in [2.45, 2.75) is 6.10 Å². The molecule has 1 aliphatic rings. The van der Waals surface area contributed by atoms with E-state index in [2.05, 4.69) is 14.9 Å². The van der Waals surface area contributed by atoms with Gasteiger partial charge < -0.3 is 20.6 Å². The molecule has 0 aliphatic carbocycles. The molecule has 0 radical (unpaired) electrons. The van der Waals surface area contributed by atoms with Gasteiger partial charge in [-0.1, -0.05) is 12.1 Å². The summed E-state index contributed by atoms with van der Waals surface area (Å²) in [7, 11) is 0. The van der Waals surface area contributed by atoms with Gasteiger partial charge in [0.1, 0.15) is 5.82 Å². The summed E-state index contributed by atoms with van der Waals surface area (Å²) in [6.07, 6.45) is 0.937. The average Bonchev–Trinajstić information content (AvgIpc) is 3.14. The number of hydrogen-bond acceptors (Lipinski definition) is 5. The van der Waals surface area contributed by atoms with Crippen molar-refractivity contribution in [1.29, 1.82) is 0 Å². The first kappa shape index (κ1) is 16.7. The van der Waals surface area contributed by atoms with Crippen molar-refractivity contribution >= 4 is 22.4 Å². The van der Waals surface area contributed by atoms with Crippen LogP contribution < -0.4 is 10.6 Å². The molecule has 1 aromatic heterocycles. The van der Waals surface area contributed by atoms with Crippen molar-refractivity contribution in [3.63, 3.8) is 0 Å².